The molecule has 0 aromatic heterocycles. The Morgan fingerprint density at radius 1 is 1.21 bits per heavy atom. The maximum atomic E-state index is 11.8. The average Bonchev–Trinajstić information content (AvgIpc) is 2.12. The van der Waals surface area contributed by atoms with Crippen molar-refractivity contribution in [3.05, 3.63) is 0 Å². The number of nitrogens with two attached hydrogens (primary N) is 1. The van der Waals surface area contributed by atoms with E-state index < -0.39 is 35.7 Å². The van der Waals surface area contributed by atoms with Gasteiger partial charge in [-0.1, -0.05) is 0 Å². The molecule has 0 spiro atoms. The molecule has 0 radical (unpaired) electrons. The van der Waals surface area contributed by atoms with Gasteiger partial charge >= 0.3 is 17.9 Å². The Hall–Kier alpha value is -1.63. The third kappa shape index (κ3) is 8.15. The van der Waals surface area contributed by atoms with E-state index in [4.69, 9.17) is 20.3 Å². The highest BCUT2D eigenvalue weighted by Gasteiger charge is 2.33. The molecule has 7 heteroatoms. The molecule has 0 amide bonds. The quantitative estimate of drug-likeness (QED) is 0.415. The molecule has 2 unspecified atom stereocenters. The van der Waals surface area contributed by atoms with Crippen molar-refractivity contribution in [2.75, 3.05) is 0 Å². The minimum atomic E-state index is -1.28. The van der Waals surface area contributed by atoms with Gasteiger partial charge in [0.1, 0.15) is 11.8 Å². The molecule has 110 valence electrons. The number of hydrogen-bond donors (Lipinski definition) is 2. The van der Waals surface area contributed by atoms with Crippen molar-refractivity contribution in [3.8, 4) is 0 Å². The van der Waals surface area contributed by atoms with E-state index in [0.717, 1.165) is 0 Å². The van der Waals surface area contributed by atoms with Gasteiger partial charge in [-0.15, -0.1) is 0 Å². The summed E-state index contributed by atoms with van der Waals surface area (Å²) in [5.74, 6) is -4.06. The molecule has 7 nitrogen and oxygen atoms in total. The second kappa shape index (κ2) is 7.08. The van der Waals surface area contributed by atoms with Gasteiger partial charge in [0, 0.05) is 6.42 Å². The summed E-state index contributed by atoms with van der Waals surface area (Å²) in [6, 6.07) is 0. The normalized spacial score (nSPS) is 14.4. The molecular formula is C12H21NO6. The van der Waals surface area contributed by atoms with E-state index in [1.54, 1.807) is 20.8 Å². The monoisotopic (exact) mass is 275 g/mol. The van der Waals surface area contributed by atoms with E-state index in [1.807, 2.05) is 0 Å². The number of ether oxygens (including phenoxy) is 2. The fourth-order valence-electron chi connectivity index (χ4n) is 1.24. The Labute approximate surface area is 112 Å². The summed E-state index contributed by atoms with van der Waals surface area (Å²) in [5, 5.41) is 8.61. The molecule has 0 rings (SSSR count). The smallest absolute Gasteiger partial charge is 0.321 e. The van der Waals surface area contributed by atoms with Crippen LogP contribution in [0.3, 0.4) is 0 Å². The van der Waals surface area contributed by atoms with Crippen LogP contribution in [0.2, 0.25) is 0 Å². The maximum absolute atomic E-state index is 11.8. The Morgan fingerprint density at radius 3 is 2.11 bits per heavy atom. The van der Waals surface area contributed by atoms with Gasteiger partial charge in [0.25, 0.3) is 0 Å². The molecule has 0 heterocycles. The first-order chi connectivity index (χ1) is 8.53. The minimum absolute atomic E-state index is 0.185. The lowest BCUT2D eigenvalue weighted by molar-refractivity contribution is -0.171. The topological polar surface area (TPSA) is 116 Å². The first kappa shape index (κ1) is 17.4. The molecular weight excluding hydrogens is 254 g/mol. The van der Waals surface area contributed by atoms with Crippen molar-refractivity contribution < 1.29 is 29.0 Å². The molecule has 0 bridgehead atoms. The predicted molar refractivity (Wildman–Crippen MR) is 65.9 cm³/mol. The predicted octanol–water partition coefficient (Wildman–Crippen LogP) is 0.657. The van der Waals surface area contributed by atoms with E-state index >= 15 is 0 Å². The molecule has 3 N–H and O–H groups in total. The number of aliphatic carboxylic acids is 1. The third-order valence-corrected chi connectivity index (χ3v) is 1.92. The number of carboxylic acid groups (broad SMARTS) is 1. The molecule has 0 aliphatic carbocycles. The Kier molecular flexibility index (Phi) is 6.47. The maximum Gasteiger partial charge on any atom is 0.321 e. The summed E-state index contributed by atoms with van der Waals surface area (Å²) in [5.41, 5.74) is 4.53. The van der Waals surface area contributed by atoms with Gasteiger partial charge in [0.2, 0.25) is 0 Å². The summed E-state index contributed by atoms with van der Waals surface area (Å²) in [7, 11) is 0. The second-order valence-corrected chi connectivity index (χ2v) is 5.16. The molecule has 0 saturated carbocycles. The summed E-state index contributed by atoms with van der Waals surface area (Å²) < 4.78 is 9.79. The number of carbonyl (C=O) groups is 3. The van der Waals surface area contributed by atoms with Crippen LogP contribution in [0.1, 0.15) is 40.5 Å². The minimum Gasteiger partial charge on any atom is -0.481 e. The largest absolute Gasteiger partial charge is 0.481 e. The molecule has 0 saturated heterocycles. The molecule has 2 atom stereocenters. The number of carbonyl (C=O) groups excluding carboxylic acids is 2. The molecule has 19 heavy (non-hydrogen) atoms. The van der Waals surface area contributed by atoms with Crippen molar-refractivity contribution in [3.63, 3.8) is 0 Å². The van der Waals surface area contributed by atoms with Crippen LogP contribution in [0.25, 0.3) is 0 Å². The van der Waals surface area contributed by atoms with E-state index in [-0.39, 0.29) is 12.8 Å². The summed E-state index contributed by atoms with van der Waals surface area (Å²) >= 11 is 0. The Bertz CT molecular complexity index is 345. The van der Waals surface area contributed by atoms with Gasteiger partial charge in [-0.25, -0.2) is 0 Å². The highest BCUT2D eigenvalue weighted by atomic mass is 16.6. The van der Waals surface area contributed by atoms with Crippen LogP contribution in [-0.4, -0.2) is 34.8 Å². The third-order valence-electron chi connectivity index (χ3n) is 1.92. The fraction of sp³-hybridized carbons (Fsp3) is 0.750. The van der Waals surface area contributed by atoms with Crippen LogP contribution >= 0.6 is 0 Å². The highest BCUT2D eigenvalue weighted by Crippen LogP contribution is 2.17. The van der Waals surface area contributed by atoms with Gasteiger partial charge in [0.15, 0.2) is 5.92 Å². The van der Waals surface area contributed by atoms with Gasteiger partial charge in [-0.2, -0.15) is 0 Å². The summed E-state index contributed by atoms with van der Waals surface area (Å²) in [6.07, 6.45) is -1.39. The van der Waals surface area contributed by atoms with Crippen LogP contribution in [0.15, 0.2) is 0 Å². The molecule has 0 aliphatic heterocycles. The lowest BCUT2D eigenvalue weighted by atomic mass is 10.0. The zero-order valence-electron chi connectivity index (χ0n) is 11.6. The molecule has 0 aromatic rings. The summed E-state index contributed by atoms with van der Waals surface area (Å²) in [6.45, 7) is 6.38. The fourth-order valence-corrected chi connectivity index (χ4v) is 1.24. The first-order valence-electron chi connectivity index (χ1n) is 5.93. The second-order valence-electron chi connectivity index (χ2n) is 5.16. The zero-order valence-corrected chi connectivity index (χ0v) is 11.6. The van der Waals surface area contributed by atoms with Crippen LogP contribution in [0.5, 0.6) is 0 Å². The van der Waals surface area contributed by atoms with Crippen LogP contribution in [0.4, 0.5) is 0 Å². The summed E-state index contributed by atoms with van der Waals surface area (Å²) in [4.78, 5) is 34.1. The number of carboxylic acids is 1. The van der Waals surface area contributed by atoms with Crippen molar-refractivity contribution in [1.82, 2.24) is 0 Å². The van der Waals surface area contributed by atoms with Crippen molar-refractivity contribution in [2.45, 2.75) is 52.4 Å². The van der Waals surface area contributed by atoms with Crippen molar-refractivity contribution >= 4 is 17.9 Å². The van der Waals surface area contributed by atoms with Crippen molar-refractivity contribution in [1.29, 1.82) is 0 Å². The van der Waals surface area contributed by atoms with Crippen LogP contribution in [0, 0.1) is 5.92 Å². The lowest BCUT2D eigenvalue weighted by Gasteiger charge is -2.23. The Morgan fingerprint density at radius 2 is 1.74 bits per heavy atom. The standard InChI is InChI=1S/C12H21NO6/c1-7(13)18-10(16)8(5-6-9(14)15)11(17)19-12(2,3)4/h7-8H,5-6,13H2,1-4H3,(H,14,15). The Balaban J connectivity index is 4.79. The number of hydrogen-bond acceptors (Lipinski definition) is 6. The first-order valence-corrected chi connectivity index (χ1v) is 5.93. The number of esters is 2. The van der Waals surface area contributed by atoms with Gasteiger partial charge < -0.3 is 14.6 Å². The van der Waals surface area contributed by atoms with Crippen molar-refractivity contribution in [2.24, 2.45) is 11.7 Å². The van der Waals surface area contributed by atoms with E-state index in [0.29, 0.717) is 0 Å². The van der Waals surface area contributed by atoms with Crippen LogP contribution in [-0.2, 0) is 23.9 Å². The SMILES string of the molecule is CC(N)OC(=O)C(CCC(=O)O)C(=O)OC(C)(C)C. The van der Waals surface area contributed by atoms with Gasteiger partial charge in [-0.3, -0.25) is 20.1 Å². The molecule has 0 fully saturated rings. The van der Waals surface area contributed by atoms with E-state index in [1.165, 1.54) is 6.92 Å². The molecule has 0 aliphatic rings. The molecule has 0 aromatic carbocycles. The van der Waals surface area contributed by atoms with E-state index in [2.05, 4.69) is 0 Å². The van der Waals surface area contributed by atoms with Crippen LogP contribution < -0.4 is 5.73 Å². The number of rotatable bonds is 6. The van der Waals surface area contributed by atoms with Gasteiger partial charge in [-0.05, 0) is 34.1 Å². The lowest BCUT2D eigenvalue weighted by Crippen LogP contribution is -2.36. The van der Waals surface area contributed by atoms with Gasteiger partial charge in [0.05, 0.1) is 0 Å². The zero-order chi connectivity index (χ0) is 15.2. The highest BCUT2D eigenvalue weighted by molar-refractivity contribution is 5.95. The average molecular weight is 275 g/mol. The van der Waals surface area contributed by atoms with E-state index in [9.17, 15) is 14.4 Å².